The van der Waals surface area contributed by atoms with Gasteiger partial charge in [0.1, 0.15) is 5.82 Å². The van der Waals surface area contributed by atoms with Gasteiger partial charge in [0.2, 0.25) is 0 Å². The van der Waals surface area contributed by atoms with Gasteiger partial charge in [0, 0.05) is 50.5 Å². The van der Waals surface area contributed by atoms with Gasteiger partial charge in [0.15, 0.2) is 0 Å². The molecule has 1 aliphatic heterocycles. The zero-order valence-electron chi connectivity index (χ0n) is 12.0. The van der Waals surface area contributed by atoms with Crippen LogP contribution >= 0.6 is 0 Å². The van der Waals surface area contributed by atoms with E-state index in [1.54, 1.807) is 0 Å². The van der Waals surface area contributed by atoms with Crippen molar-refractivity contribution in [1.82, 2.24) is 19.8 Å². The van der Waals surface area contributed by atoms with Crippen molar-refractivity contribution in [2.75, 3.05) is 33.2 Å². The molecule has 1 saturated heterocycles. The summed E-state index contributed by atoms with van der Waals surface area (Å²) in [4.78, 5) is 13.1. The fourth-order valence-electron chi connectivity index (χ4n) is 3.68. The molecule has 1 saturated carbocycles. The molecule has 19 heavy (non-hydrogen) atoms. The van der Waals surface area contributed by atoms with E-state index < -0.39 is 0 Å². The molecule has 1 N–H and O–H groups in total. The molecule has 0 radical (unpaired) electrons. The van der Waals surface area contributed by atoms with Gasteiger partial charge in [-0.3, -0.25) is 4.90 Å². The van der Waals surface area contributed by atoms with Crippen LogP contribution in [-0.2, 0) is 0 Å². The van der Waals surface area contributed by atoms with Gasteiger partial charge in [0.25, 0.3) is 0 Å². The van der Waals surface area contributed by atoms with Gasteiger partial charge in [0.05, 0.1) is 0 Å². The summed E-state index contributed by atoms with van der Waals surface area (Å²) in [5.74, 6) is 1.83. The number of H-pyrrole nitrogens is 1. The highest BCUT2D eigenvalue weighted by atomic mass is 15.3. The molecule has 4 heteroatoms. The number of nitrogens with zero attached hydrogens (tertiary/aromatic N) is 3. The van der Waals surface area contributed by atoms with Crippen LogP contribution < -0.4 is 0 Å². The van der Waals surface area contributed by atoms with E-state index in [1.807, 2.05) is 12.4 Å². The second-order valence-electron chi connectivity index (χ2n) is 6.13. The number of piperazine rings is 1. The lowest BCUT2D eigenvalue weighted by Gasteiger charge is -2.40. The van der Waals surface area contributed by atoms with Crippen LogP contribution in [0, 0.1) is 0 Å². The first kappa shape index (κ1) is 13.1. The van der Waals surface area contributed by atoms with Crippen LogP contribution in [0.1, 0.15) is 43.8 Å². The Morgan fingerprint density at radius 1 is 1.11 bits per heavy atom. The van der Waals surface area contributed by atoms with Crippen molar-refractivity contribution in [2.45, 2.75) is 44.1 Å². The molecule has 1 aromatic rings. The fourth-order valence-corrected chi connectivity index (χ4v) is 3.68. The monoisotopic (exact) mass is 262 g/mol. The summed E-state index contributed by atoms with van der Waals surface area (Å²) < 4.78 is 0. The van der Waals surface area contributed by atoms with Crippen LogP contribution in [0.2, 0.25) is 0 Å². The average Bonchev–Trinajstić information content (AvgIpc) is 2.85. The van der Waals surface area contributed by atoms with E-state index in [9.17, 15) is 0 Å². The van der Waals surface area contributed by atoms with Gasteiger partial charge in [-0.15, -0.1) is 0 Å². The first-order valence-electron chi connectivity index (χ1n) is 7.76. The Bertz CT molecular complexity index is 368. The standard InChI is InChI=1S/C15H26N4/c1-18-9-11-19(12-10-18)14-6-4-2-3-5-13(14)15-16-7-8-17-15/h7-8,13-14H,2-6,9-12H2,1H3,(H,16,17). The first-order chi connectivity index (χ1) is 9.34. The van der Waals surface area contributed by atoms with Crippen molar-refractivity contribution in [3.8, 4) is 0 Å². The predicted molar refractivity (Wildman–Crippen MR) is 77.3 cm³/mol. The molecule has 2 aliphatic rings. The van der Waals surface area contributed by atoms with Gasteiger partial charge in [-0.05, 0) is 19.9 Å². The van der Waals surface area contributed by atoms with Crippen LogP contribution in [0.5, 0.6) is 0 Å². The van der Waals surface area contributed by atoms with E-state index in [-0.39, 0.29) is 0 Å². The third kappa shape index (κ3) is 3.00. The zero-order chi connectivity index (χ0) is 13.1. The molecule has 0 bridgehead atoms. The lowest BCUT2D eigenvalue weighted by molar-refractivity contribution is 0.0916. The third-order valence-corrected chi connectivity index (χ3v) is 4.86. The van der Waals surface area contributed by atoms with Gasteiger partial charge in [-0.2, -0.15) is 0 Å². The summed E-state index contributed by atoms with van der Waals surface area (Å²) in [6.45, 7) is 4.86. The number of likely N-dealkylation sites (N-methyl/N-ethyl adjacent to an activating group) is 1. The molecule has 2 fully saturated rings. The maximum atomic E-state index is 4.55. The second kappa shape index (κ2) is 6.06. The highest BCUT2D eigenvalue weighted by molar-refractivity contribution is 5.04. The van der Waals surface area contributed by atoms with Gasteiger partial charge in [-0.25, -0.2) is 4.98 Å². The molecule has 1 aromatic heterocycles. The topological polar surface area (TPSA) is 35.2 Å². The number of hydrogen-bond acceptors (Lipinski definition) is 3. The van der Waals surface area contributed by atoms with Crippen molar-refractivity contribution >= 4 is 0 Å². The quantitative estimate of drug-likeness (QED) is 0.829. The summed E-state index contributed by atoms with van der Waals surface area (Å²) in [6, 6.07) is 0.697. The van der Waals surface area contributed by atoms with Crippen LogP contribution in [0.15, 0.2) is 12.4 Å². The summed E-state index contributed by atoms with van der Waals surface area (Å²) in [6.07, 6.45) is 10.6. The largest absolute Gasteiger partial charge is 0.348 e. The normalized spacial score (nSPS) is 31.2. The molecule has 3 rings (SSSR count). The fraction of sp³-hybridized carbons (Fsp3) is 0.800. The van der Waals surface area contributed by atoms with Crippen LogP contribution in [0.25, 0.3) is 0 Å². The Morgan fingerprint density at radius 3 is 2.63 bits per heavy atom. The minimum atomic E-state index is 0.612. The van der Waals surface area contributed by atoms with Crippen molar-refractivity contribution in [1.29, 1.82) is 0 Å². The Balaban J connectivity index is 1.75. The number of imidazole rings is 1. The second-order valence-corrected chi connectivity index (χ2v) is 6.13. The zero-order valence-corrected chi connectivity index (χ0v) is 12.0. The van der Waals surface area contributed by atoms with E-state index >= 15 is 0 Å². The SMILES string of the molecule is CN1CCN(C2CCCCCC2c2ncc[nH]2)CC1. The molecule has 4 nitrogen and oxygen atoms in total. The predicted octanol–water partition coefficient (Wildman–Crippen LogP) is 2.07. The van der Waals surface area contributed by atoms with Crippen molar-refractivity contribution in [2.24, 2.45) is 0 Å². The Labute approximate surface area is 116 Å². The number of nitrogens with one attached hydrogen (secondary N) is 1. The van der Waals surface area contributed by atoms with Crippen molar-refractivity contribution in [3.05, 3.63) is 18.2 Å². The Morgan fingerprint density at radius 2 is 1.89 bits per heavy atom. The van der Waals surface area contributed by atoms with Crippen LogP contribution in [0.4, 0.5) is 0 Å². The molecule has 1 aliphatic carbocycles. The van der Waals surface area contributed by atoms with Gasteiger partial charge in [-0.1, -0.05) is 19.3 Å². The van der Waals surface area contributed by atoms with Crippen molar-refractivity contribution < 1.29 is 0 Å². The molecule has 106 valence electrons. The number of hydrogen-bond donors (Lipinski definition) is 1. The number of aromatic nitrogens is 2. The molecule has 2 heterocycles. The lowest BCUT2D eigenvalue weighted by Crippen LogP contribution is -2.50. The van der Waals surface area contributed by atoms with Crippen LogP contribution in [-0.4, -0.2) is 59.0 Å². The highest BCUT2D eigenvalue weighted by Gasteiger charge is 2.32. The van der Waals surface area contributed by atoms with E-state index in [0.717, 1.165) is 0 Å². The smallest absolute Gasteiger partial charge is 0.110 e. The molecule has 2 atom stereocenters. The molecule has 2 unspecified atom stereocenters. The van der Waals surface area contributed by atoms with Crippen molar-refractivity contribution in [3.63, 3.8) is 0 Å². The summed E-state index contributed by atoms with van der Waals surface area (Å²) >= 11 is 0. The van der Waals surface area contributed by atoms with E-state index in [1.165, 1.54) is 64.1 Å². The first-order valence-corrected chi connectivity index (χ1v) is 7.76. The molecule has 0 aromatic carbocycles. The van der Waals surface area contributed by atoms with Crippen LogP contribution in [0.3, 0.4) is 0 Å². The van der Waals surface area contributed by atoms with E-state index in [0.29, 0.717) is 12.0 Å². The molecular formula is C15H26N4. The Hall–Kier alpha value is -0.870. The summed E-state index contributed by atoms with van der Waals surface area (Å²) in [5.41, 5.74) is 0. The van der Waals surface area contributed by atoms with Gasteiger partial charge < -0.3 is 9.88 Å². The number of aromatic amines is 1. The molecule has 0 spiro atoms. The highest BCUT2D eigenvalue weighted by Crippen LogP contribution is 2.33. The maximum absolute atomic E-state index is 4.55. The minimum Gasteiger partial charge on any atom is -0.348 e. The minimum absolute atomic E-state index is 0.612. The van der Waals surface area contributed by atoms with E-state index in [4.69, 9.17) is 0 Å². The Kier molecular flexibility index (Phi) is 4.18. The summed E-state index contributed by atoms with van der Waals surface area (Å²) in [5, 5.41) is 0. The third-order valence-electron chi connectivity index (χ3n) is 4.86. The average molecular weight is 262 g/mol. The maximum Gasteiger partial charge on any atom is 0.110 e. The summed E-state index contributed by atoms with van der Waals surface area (Å²) in [7, 11) is 2.23. The molecule has 0 amide bonds. The number of rotatable bonds is 2. The molecular weight excluding hydrogens is 236 g/mol. The van der Waals surface area contributed by atoms with Gasteiger partial charge >= 0.3 is 0 Å². The van der Waals surface area contributed by atoms with E-state index in [2.05, 4.69) is 26.8 Å². The lowest BCUT2D eigenvalue weighted by atomic mass is 9.92.